The molecule has 0 saturated heterocycles. The smallest absolute Gasteiger partial charge is 0.379 e. The summed E-state index contributed by atoms with van der Waals surface area (Å²) in [7, 11) is 0. The standard InChI is InChI=1S/C22H18F3N5O/c1-13-9-27-15(10-26-13)11-29-20-7-6-14(8-18(20)22(23,24)25)28-12-17-16-4-2-3-5-19(16)30-21(17)31/h2-10,12,28-29H,11H2,1H3,(H,30,31). The van der Waals surface area contributed by atoms with Crippen molar-refractivity contribution in [1.29, 1.82) is 0 Å². The van der Waals surface area contributed by atoms with Gasteiger partial charge in [0.1, 0.15) is 0 Å². The summed E-state index contributed by atoms with van der Waals surface area (Å²) in [5, 5.41) is 8.29. The molecule has 1 aliphatic heterocycles. The molecule has 0 fully saturated rings. The van der Waals surface area contributed by atoms with Crippen LogP contribution < -0.4 is 16.0 Å². The minimum absolute atomic E-state index is 0.0722. The van der Waals surface area contributed by atoms with Crippen LogP contribution in [0.4, 0.5) is 30.2 Å². The molecule has 9 heteroatoms. The molecule has 0 bridgehead atoms. The van der Waals surface area contributed by atoms with E-state index in [4.69, 9.17) is 0 Å². The molecule has 4 rings (SSSR count). The minimum Gasteiger partial charge on any atom is -0.379 e. The fourth-order valence-corrected chi connectivity index (χ4v) is 3.16. The predicted molar refractivity (Wildman–Crippen MR) is 112 cm³/mol. The Hall–Kier alpha value is -3.88. The van der Waals surface area contributed by atoms with Crippen molar-refractivity contribution in [2.45, 2.75) is 19.6 Å². The van der Waals surface area contributed by atoms with Crippen molar-refractivity contribution in [3.05, 3.63) is 83.6 Å². The van der Waals surface area contributed by atoms with Crippen LogP contribution in [0.2, 0.25) is 0 Å². The van der Waals surface area contributed by atoms with E-state index >= 15 is 0 Å². The SMILES string of the molecule is Cc1cnc(CNc2ccc(NC=C3C(=O)Nc4ccccc43)cc2C(F)(F)F)cn1. The maximum Gasteiger partial charge on any atom is 0.418 e. The van der Waals surface area contributed by atoms with Gasteiger partial charge in [-0.2, -0.15) is 13.2 Å². The molecule has 3 aromatic rings. The number of aryl methyl sites for hydroxylation is 1. The van der Waals surface area contributed by atoms with Crippen molar-refractivity contribution >= 4 is 28.5 Å². The lowest BCUT2D eigenvalue weighted by molar-refractivity contribution is -0.136. The van der Waals surface area contributed by atoms with Crippen LogP contribution in [0.5, 0.6) is 0 Å². The number of aromatic nitrogens is 2. The van der Waals surface area contributed by atoms with Gasteiger partial charge in [0.2, 0.25) is 0 Å². The van der Waals surface area contributed by atoms with Gasteiger partial charge in [0.15, 0.2) is 0 Å². The van der Waals surface area contributed by atoms with E-state index in [1.165, 1.54) is 24.5 Å². The maximum absolute atomic E-state index is 13.6. The van der Waals surface area contributed by atoms with Crippen molar-refractivity contribution in [2.75, 3.05) is 16.0 Å². The monoisotopic (exact) mass is 425 g/mol. The minimum atomic E-state index is -4.57. The zero-order valence-electron chi connectivity index (χ0n) is 16.4. The number of alkyl halides is 3. The molecule has 3 N–H and O–H groups in total. The first-order valence-corrected chi connectivity index (χ1v) is 9.41. The largest absolute Gasteiger partial charge is 0.418 e. The summed E-state index contributed by atoms with van der Waals surface area (Å²) in [6, 6.07) is 10.9. The molecule has 1 aliphatic rings. The Morgan fingerprint density at radius 3 is 2.65 bits per heavy atom. The van der Waals surface area contributed by atoms with Gasteiger partial charge >= 0.3 is 6.18 Å². The third kappa shape index (κ3) is 4.50. The highest BCUT2D eigenvalue weighted by atomic mass is 19.4. The molecule has 31 heavy (non-hydrogen) atoms. The molecular formula is C22H18F3N5O. The summed E-state index contributed by atoms with van der Waals surface area (Å²) >= 11 is 0. The van der Waals surface area contributed by atoms with Gasteiger partial charge in [-0.25, -0.2) is 0 Å². The number of amides is 1. The van der Waals surface area contributed by atoms with Gasteiger partial charge in [-0.1, -0.05) is 18.2 Å². The van der Waals surface area contributed by atoms with Gasteiger partial charge in [0.05, 0.1) is 35.3 Å². The van der Waals surface area contributed by atoms with Crippen molar-refractivity contribution < 1.29 is 18.0 Å². The highest BCUT2D eigenvalue weighted by Crippen LogP contribution is 2.37. The van der Waals surface area contributed by atoms with Crippen molar-refractivity contribution in [1.82, 2.24) is 9.97 Å². The number of benzene rings is 2. The number of nitrogens with one attached hydrogen (secondary N) is 3. The summed E-state index contributed by atoms with van der Waals surface area (Å²) < 4.78 is 40.9. The van der Waals surface area contributed by atoms with Crippen molar-refractivity contribution in [3.8, 4) is 0 Å². The number of hydrogen-bond donors (Lipinski definition) is 3. The Bertz CT molecular complexity index is 1160. The van der Waals surface area contributed by atoms with E-state index in [9.17, 15) is 18.0 Å². The lowest BCUT2D eigenvalue weighted by Gasteiger charge is -2.16. The molecule has 0 spiro atoms. The Balaban J connectivity index is 1.56. The van der Waals surface area contributed by atoms with Gasteiger partial charge in [-0.15, -0.1) is 0 Å². The van der Waals surface area contributed by atoms with Crippen LogP contribution in [0.1, 0.15) is 22.5 Å². The van der Waals surface area contributed by atoms with Crippen LogP contribution in [0.3, 0.4) is 0 Å². The van der Waals surface area contributed by atoms with E-state index in [1.807, 2.05) is 0 Å². The van der Waals surface area contributed by atoms with Gasteiger partial charge in [-0.3, -0.25) is 14.8 Å². The van der Waals surface area contributed by atoms with Crippen molar-refractivity contribution in [2.24, 2.45) is 0 Å². The molecule has 2 heterocycles. The zero-order valence-corrected chi connectivity index (χ0v) is 16.4. The topological polar surface area (TPSA) is 78.9 Å². The van der Waals surface area contributed by atoms with Gasteiger partial charge < -0.3 is 16.0 Å². The second-order valence-corrected chi connectivity index (χ2v) is 6.96. The summed E-state index contributed by atoms with van der Waals surface area (Å²) in [6.07, 6.45) is -0.0865. The average molecular weight is 425 g/mol. The molecule has 0 radical (unpaired) electrons. The third-order valence-corrected chi connectivity index (χ3v) is 4.71. The molecule has 1 aromatic heterocycles. The number of nitrogens with zero attached hydrogens (tertiary/aromatic N) is 2. The van der Waals surface area contributed by atoms with Crippen LogP contribution in [0.25, 0.3) is 5.57 Å². The lowest BCUT2D eigenvalue weighted by Crippen LogP contribution is -2.12. The summed E-state index contributed by atoms with van der Waals surface area (Å²) in [5.41, 5.74) is 2.26. The molecule has 0 aliphatic carbocycles. The van der Waals surface area contributed by atoms with Crippen LogP contribution in [0, 0.1) is 6.92 Å². The highest BCUT2D eigenvalue weighted by Gasteiger charge is 2.34. The van der Waals surface area contributed by atoms with E-state index < -0.39 is 11.7 Å². The highest BCUT2D eigenvalue weighted by molar-refractivity contribution is 6.31. The average Bonchev–Trinajstić information content (AvgIpc) is 3.06. The molecule has 0 unspecified atom stereocenters. The Morgan fingerprint density at radius 1 is 1.10 bits per heavy atom. The van der Waals surface area contributed by atoms with Crippen LogP contribution in [-0.2, 0) is 17.5 Å². The van der Waals surface area contributed by atoms with Crippen LogP contribution >= 0.6 is 0 Å². The summed E-state index contributed by atoms with van der Waals surface area (Å²) in [6.45, 7) is 1.88. The number of carbonyl (C=O) groups excluding carboxylic acids is 1. The fraction of sp³-hybridized carbons (Fsp3) is 0.136. The lowest BCUT2D eigenvalue weighted by atomic mass is 10.1. The molecule has 2 aromatic carbocycles. The number of carbonyl (C=O) groups is 1. The fourth-order valence-electron chi connectivity index (χ4n) is 3.16. The van der Waals surface area contributed by atoms with E-state index in [0.29, 0.717) is 22.5 Å². The third-order valence-electron chi connectivity index (χ3n) is 4.71. The predicted octanol–water partition coefficient (Wildman–Crippen LogP) is 4.82. The number of rotatable bonds is 5. The first-order valence-electron chi connectivity index (χ1n) is 9.41. The molecule has 0 saturated carbocycles. The van der Waals surface area contributed by atoms with E-state index in [0.717, 1.165) is 11.8 Å². The van der Waals surface area contributed by atoms with Gasteiger partial charge in [-0.05, 0) is 31.2 Å². The van der Waals surface area contributed by atoms with Crippen LogP contribution in [0.15, 0.2) is 61.1 Å². The number of anilines is 3. The number of para-hydroxylation sites is 1. The van der Waals surface area contributed by atoms with Gasteiger partial charge in [0.25, 0.3) is 5.91 Å². The number of fused-ring (bicyclic) bond motifs is 1. The molecule has 0 atom stereocenters. The Kier molecular flexibility index (Phi) is 5.33. The Labute approximate surface area is 176 Å². The normalized spacial score (nSPS) is 14.3. The van der Waals surface area contributed by atoms with Crippen LogP contribution in [-0.4, -0.2) is 15.9 Å². The molecule has 158 valence electrons. The maximum atomic E-state index is 13.6. The molecular weight excluding hydrogens is 407 g/mol. The van der Waals surface area contributed by atoms with E-state index in [2.05, 4.69) is 25.9 Å². The first-order chi connectivity index (χ1) is 14.8. The first kappa shape index (κ1) is 20.4. The zero-order chi connectivity index (χ0) is 22.0. The quantitative estimate of drug-likeness (QED) is 0.511. The second kappa shape index (κ2) is 8.10. The van der Waals surface area contributed by atoms with Crippen molar-refractivity contribution in [3.63, 3.8) is 0 Å². The van der Waals surface area contributed by atoms with Gasteiger partial charge in [0, 0.05) is 35.0 Å². The number of hydrogen-bond acceptors (Lipinski definition) is 5. The molecule has 1 amide bonds. The second-order valence-electron chi connectivity index (χ2n) is 6.96. The number of halogens is 3. The summed E-state index contributed by atoms with van der Waals surface area (Å²) in [4.78, 5) is 20.4. The van der Waals surface area contributed by atoms with E-state index in [-0.39, 0.29) is 23.8 Å². The molecule has 6 nitrogen and oxygen atoms in total. The summed E-state index contributed by atoms with van der Waals surface area (Å²) in [5.74, 6) is -0.317. The van der Waals surface area contributed by atoms with E-state index in [1.54, 1.807) is 37.4 Å². The Morgan fingerprint density at radius 2 is 1.90 bits per heavy atom.